The molecule has 0 amide bonds. The smallest absolute Gasteiger partial charge is 0.344 e. The molecule has 0 fully saturated rings. The summed E-state index contributed by atoms with van der Waals surface area (Å²) in [5.74, 6) is 0.363. The highest BCUT2D eigenvalue weighted by molar-refractivity contribution is 5.90. The van der Waals surface area contributed by atoms with Crippen LogP contribution in [0, 0.1) is 0 Å². The van der Waals surface area contributed by atoms with Crippen LogP contribution in [0.1, 0.15) is 48.5 Å². The number of unbranched alkanes of at least 4 members (excludes halogenated alkanes) is 3. The molecule has 0 spiro atoms. The van der Waals surface area contributed by atoms with E-state index in [4.69, 9.17) is 9.47 Å². The molecule has 0 aliphatic carbocycles. The van der Waals surface area contributed by atoms with Crippen LogP contribution in [0.5, 0.6) is 11.6 Å². The van der Waals surface area contributed by atoms with Gasteiger partial charge in [0, 0.05) is 5.56 Å². The van der Waals surface area contributed by atoms with Gasteiger partial charge in [-0.1, -0.05) is 50.5 Å². The number of rotatable bonds is 9. The van der Waals surface area contributed by atoms with Gasteiger partial charge in [-0.05, 0) is 42.7 Å². The number of carbonyl (C=O) groups is 1. The van der Waals surface area contributed by atoms with Crippen molar-refractivity contribution in [3.63, 3.8) is 0 Å². The van der Waals surface area contributed by atoms with Gasteiger partial charge in [-0.25, -0.2) is 14.8 Å². The molecule has 5 heteroatoms. The summed E-state index contributed by atoms with van der Waals surface area (Å²) in [4.78, 5) is 20.8. The Hall–Kier alpha value is -3.21. The molecular formula is C24H26N2O3. The molecule has 0 bridgehead atoms. The Morgan fingerprint density at radius 3 is 2.28 bits per heavy atom. The number of ether oxygens (including phenoxy) is 2. The molecule has 0 saturated carbocycles. The molecule has 1 aromatic heterocycles. The predicted octanol–water partition coefficient (Wildman–Crippen LogP) is 5.49. The Labute approximate surface area is 171 Å². The highest BCUT2D eigenvalue weighted by atomic mass is 16.5. The van der Waals surface area contributed by atoms with E-state index in [1.165, 1.54) is 37.4 Å². The predicted molar refractivity (Wildman–Crippen MR) is 113 cm³/mol. The number of aromatic nitrogens is 2. The summed E-state index contributed by atoms with van der Waals surface area (Å²) in [6.45, 7) is 2.22. The normalized spacial score (nSPS) is 10.6. The number of nitrogens with zero attached hydrogens (tertiary/aromatic N) is 2. The Morgan fingerprint density at radius 2 is 1.66 bits per heavy atom. The maximum Gasteiger partial charge on any atom is 0.344 e. The average Bonchev–Trinajstić information content (AvgIpc) is 2.78. The molecule has 0 aliphatic heterocycles. The van der Waals surface area contributed by atoms with Crippen molar-refractivity contribution in [3.8, 4) is 22.9 Å². The molecule has 0 atom stereocenters. The summed E-state index contributed by atoms with van der Waals surface area (Å²) in [5, 5.41) is 0. The fraction of sp³-hybridized carbons (Fsp3) is 0.292. The molecule has 3 rings (SSSR count). The summed E-state index contributed by atoms with van der Waals surface area (Å²) in [6, 6.07) is 15.1. The lowest BCUT2D eigenvalue weighted by Gasteiger charge is -2.06. The summed E-state index contributed by atoms with van der Waals surface area (Å²) >= 11 is 0. The number of benzene rings is 2. The van der Waals surface area contributed by atoms with Crippen LogP contribution < -0.4 is 9.47 Å². The third kappa shape index (κ3) is 5.88. The minimum Gasteiger partial charge on any atom is -0.497 e. The van der Waals surface area contributed by atoms with Crippen LogP contribution in [-0.4, -0.2) is 23.0 Å². The second-order valence-corrected chi connectivity index (χ2v) is 6.87. The van der Waals surface area contributed by atoms with Crippen molar-refractivity contribution in [3.05, 3.63) is 72.1 Å². The molecule has 3 aromatic rings. The highest BCUT2D eigenvalue weighted by Crippen LogP contribution is 2.20. The topological polar surface area (TPSA) is 61.3 Å². The van der Waals surface area contributed by atoms with Gasteiger partial charge in [0.25, 0.3) is 0 Å². The lowest BCUT2D eigenvalue weighted by molar-refractivity contribution is 0.0727. The van der Waals surface area contributed by atoms with E-state index in [2.05, 4.69) is 41.2 Å². The maximum atomic E-state index is 12.2. The van der Waals surface area contributed by atoms with Gasteiger partial charge < -0.3 is 9.47 Å². The second-order valence-electron chi connectivity index (χ2n) is 6.87. The minimum absolute atomic E-state index is 0.169. The van der Waals surface area contributed by atoms with Crippen molar-refractivity contribution in [2.24, 2.45) is 0 Å². The molecule has 0 N–H and O–H groups in total. The summed E-state index contributed by atoms with van der Waals surface area (Å²) in [5.41, 5.74) is 3.49. The molecule has 0 radical (unpaired) electrons. The number of carbonyl (C=O) groups excluding carboxylic acids is 1. The summed E-state index contributed by atoms with van der Waals surface area (Å²) < 4.78 is 10.4. The van der Waals surface area contributed by atoms with Gasteiger partial charge in [0.15, 0.2) is 0 Å². The Balaban J connectivity index is 1.58. The van der Waals surface area contributed by atoms with E-state index in [-0.39, 0.29) is 5.88 Å². The monoisotopic (exact) mass is 390 g/mol. The summed E-state index contributed by atoms with van der Waals surface area (Å²) in [7, 11) is 1.58. The van der Waals surface area contributed by atoms with Crippen molar-refractivity contribution in [1.29, 1.82) is 0 Å². The van der Waals surface area contributed by atoms with Gasteiger partial charge in [0.1, 0.15) is 5.75 Å². The summed E-state index contributed by atoms with van der Waals surface area (Å²) in [6.07, 6.45) is 9.24. The van der Waals surface area contributed by atoms with Crippen molar-refractivity contribution >= 4 is 5.97 Å². The van der Waals surface area contributed by atoms with Gasteiger partial charge in [-0.2, -0.15) is 0 Å². The number of esters is 1. The van der Waals surface area contributed by atoms with Crippen LogP contribution in [0.3, 0.4) is 0 Å². The first kappa shape index (κ1) is 20.5. The standard InChI is InChI=1S/C24H26N2O3/c1-3-4-5-6-7-18-8-10-19(11-9-18)22-16-26-23(17-25-22)29-24(27)20-12-14-21(28-2)15-13-20/h8-17H,3-7H2,1-2H3. The molecule has 29 heavy (non-hydrogen) atoms. The highest BCUT2D eigenvalue weighted by Gasteiger charge is 2.10. The number of hydrogen-bond acceptors (Lipinski definition) is 5. The quantitative estimate of drug-likeness (QED) is 0.357. The van der Waals surface area contributed by atoms with Crippen molar-refractivity contribution < 1.29 is 14.3 Å². The van der Waals surface area contributed by atoms with Crippen molar-refractivity contribution in [2.45, 2.75) is 39.0 Å². The lowest BCUT2D eigenvalue weighted by Crippen LogP contribution is -2.09. The third-order valence-corrected chi connectivity index (χ3v) is 4.72. The Bertz CT molecular complexity index is 904. The van der Waals surface area contributed by atoms with Gasteiger partial charge in [0.2, 0.25) is 5.88 Å². The Kier molecular flexibility index (Phi) is 7.34. The van der Waals surface area contributed by atoms with Crippen LogP contribution in [0.2, 0.25) is 0 Å². The molecule has 2 aromatic carbocycles. The van der Waals surface area contributed by atoms with Gasteiger partial charge in [-0.3, -0.25) is 0 Å². The average molecular weight is 390 g/mol. The van der Waals surface area contributed by atoms with Gasteiger partial charge in [0.05, 0.1) is 30.8 Å². The zero-order chi connectivity index (χ0) is 20.5. The second kappa shape index (κ2) is 10.4. The van der Waals surface area contributed by atoms with Crippen molar-refractivity contribution in [1.82, 2.24) is 9.97 Å². The van der Waals surface area contributed by atoms with E-state index in [1.807, 2.05) is 0 Å². The SMILES string of the molecule is CCCCCCc1ccc(-c2cnc(OC(=O)c3ccc(OC)cc3)cn2)cc1. The first-order valence-electron chi connectivity index (χ1n) is 9.97. The zero-order valence-corrected chi connectivity index (χ0v) is 16.9. The molecule has 1 heterocycles. The molecule has 0 unspecified atom stereocenters. The van der Waals surface area contributed by atoms with Crippen LogP contribution >= 0.6 is 0 Å². The number of methoxy groups -OCH3 is 1. The zero-order valence-electron chi connectivity index (χ0n) is 16.9. The maximum absolute atomic E-state index is 12.2. The first-order chi connectivity index (χ1) is 14.2. The molecule has 0 saturated heterocycles. The van der Waals surface area contributed by atoms with E-state index in [9.17, 15) is 4.79 Å². The lowest BCUT2D eigenvalue weighted by atomic mass is 10.0. The fourth-order valence-electron chi connectivity index (χ4n) is 3.00. The van der Waals surface area contributed by atoms with Crippen LogP contribution in [0.25, 0.3) is 11.3 Å². The van der Waals surface area contributed by atoms with E-state index in [0.717, 1.165) is 17.7 Å². The molecule has 0 aliphatic rings. The number of aryl methyl sites for hydroxylation is 1. The van der Waals surface area contributed by atoms with Crippen molar-refractivity contribution in [2.75, 3.05) is 7.11 Å². The van der Waals surface area contributed by atoms with E-state index in [0.29, 0.717) is 11.3 Å². The van der Waals surface area contributed by atoms with Crippen LogP contribution in [-0.2, 0) is 6.42 Å². The van der Waals surface area contributed by atoms with Gasteiger partial charge in [-0.15, -0.1) is 0 Å². The third-order valence-electron chi connectivity index (χ3n) is 4.72. The first-order valence-corrected chi connectivity index (χ1v) is 9.97. The van der Waals surface area contributed by atoms with E-state index < -0.39 is 5.97 Å². The van der Waals surface area contributed by atoms with Crippen LogP contribution in [0.15, 0.2) is 60.9 Å². The molecule has 5 nitrogen and oxygen atoms in total. The fourth-order valence-corrected chi connectivity index (χ4v) is 3.00. The largest absolute Gasteiger partial charge is 0.497 e. The molecule has 150 valence electrons. The van der Waals surface area contributed by atoms with Crippen LogP contribution in [0.4, 0.5) is 0 Å². The Morgan fingerprint density at radius 1 is 0.897 bits per heavy atom. The van der Waals surface area contributed by atoms with E-state index >= 15 is 0 Å². The minimum atomic E-state index is -0.484. The number of hydrogen-bond donors (Lipinski definition) is 0. The van der Waals surface area contributed by atoms with Gasteiger partial charge >= 0.3 is 5.97 Å². The molecular weight excluding hydrogens is 364 g/mol. The van der Waals surface area contributed by atoms with E-state index in [1.54, 1.807) is 37.6 Å².